The molecule has 6 nitrogen and oxygen atoms in total. The van der Waals surface area contributed by atoms with Gasteiger partial charge in [0.1, 0.15) is 11.9 Å². The topological polar surface area (TPSA) is 78.9 Å². The summed E-state index contributed by atoms with van der Waals surface area (Å²) in [5.74, 6) is 0.840. The van der Waals surface area contributed by atoms with Crippen LogP contribution in [0.5, 0.6) is 5.75 Å². The van der Waals surface area contributed by atoms with Crippen molar-refractivity contribution in [1.29, 1.82) is 0 Å². The molecule has 0 aromatic heterocycles. The smallest absolute Gasteiger partial charge is 0.326 e. The van der Waals surface area contributed by atoms with Gasteiger partial charge in [-0.25, -0.2) is 4.79 Å². The lowest BCUT2D eigenvalue weighted by molar-refractivity contribution is -0.138. The Morgan fingerprint density at radius 2 is 1.67 bits per heavy atom. The Balaban J connectivity index is 1.32. The number of aliphatic carboxylic acids is 1. The summed E-state index contributed by atoms with van der Waals surface area (Å²) in [4.78, 5) is 26.2. The normalized spacial score (nSPS) is 20.6. The van der Waals surface area contributed by atoms with E-state index in [0.717, 1.165) is 72.3 Å². The summed E-state index contributed by atoms with van der Waals surface area (Å²) in [6.07, 6.45) is 5.92. The third-order valence-corrected chi connectivity index (χ3v) is 8.30. The highest BCUT2D eigenvalue weighted by Crippen LogP contribution is 2.40. The number of para-hydroxylation sites is 1. The molecule has 1 fully saturated rings. The molecule has 1 saturated carbocycles. The lowest BCUT2D eigenvalue weighted by Gasteiger charge is -2.35. The molecule has 0 bridgehead atoms. The minimum atomic E-state index is -0.687. The van der Waals surface area contributed by atoms with Crippen LogP contribution in [0, 0.1) is 5.92 Å². The van der Waals surface area contributed by atoms with E-state index in [2.05, 4.69) is 49.5 Å². The Hall–Kier alpha value is -3.80. The molecular formula is C33H38N2O4. The number of nitrogens with zero attached hydrogens (tertiary/aromatic N) is 1. The lowest BCUT2D eigenvalue weighted by atomic mass is 9.77. The average molecular weight is 527 g/mol. The van der Waals surface area contributed by atoms with Gasteiger partial charge in [-0.2, -0.15) is 0 Å². The van der Waals surface area contributed by atoms with Crippen molar-refractivity contribution < 1.29 is 19.4 Å². The standard InChI is InChI=1S/C33H38N2O4/c1-3-23-7-5-6-8-29(23)34-33(38)35-21-28(4-2)39-31-20-27(17-18-30(31)35)26-15-13-25(14-16-26)24-11-9-22(10-12-24)19-32(36)37/h5-8,13-18,20,22,24,28H,3-4,9-12,19,21H2,1-2H3,(H,34,38)(H,36,37). The van der Waals surface area contributed by atoms with Gasteiger partial charge in [0.05, 0.1) is 12.2 Å². The number of urea groups is 1. The van der Waals surface area contributed by atoms with Gasteiger partial charge in [-0.3, -0.25) is 9.69 Å². The van der Waals surface area contributed by atoms with E-state index in [1.165, 1.54) is 5.56 Å². The quantitative estimate of drug-likeness (QED) is 0.328. The number of ether oxygens (including phenoxy) is 1. The summed E-state index contributed by atoms with van der Waals surface area (Å²) >= 11 is 0. The number of amides is 2. The molecule has 6 heteroatoms. The van der Waals surface area contributed by atoms with Crippen LogP contribution in [0.4, 0.5) is 16.2 Å². The Morgan fingerprint density at radius 1 is 0.949 bits per heavy atom. The van der Waals surface area contributed by atoms with E-state index in [1.54, 1.807) is 4.90 Å². The summed E-state index contributed by atoms with van der Waals surface area (Å²) in [6.45, 7) is 4.67. The maximum atomic E-state index is 13.4. The van der Waals surface area contributed by atoms with Crippen molar-refractivity contribution in [2.45, 2.75) is 70.8 Å². The van der Waals surface area contributed by atoms with Crippen molar-refractivity contribution in [1.82, 2.24) is 0 Å². The predicted molar refractivity (Wildman–Crippen MR) is 156 cm³/mol. The Kier molecular flexibility index (Phi) is 8.20. The molecule has 1 unspecified atom stereocenters. The number of benzene rings is 3. The van der Waals surface area contributed by atoms with Crippen LogP contribution in [0.25, 0.3) is 11.1 Å². The highest BCUT2D eigenvalue weighted by molar-refractivity contribution is 6.03. The molecule has 3 aromatic carbocycles. The summed E-state index contributed by atoms with van der Waals surface area (Å²) < 4.78 is 6.31. The van der Waals surface area contributed by atoms with E-state index >= 15 is 0 Å². The number of carbonyl (C=O) groups excluding carboxylic acids is 1. The van der Waals surface area contributed by atoms with E-state index in [9.17, 15) is 9.59 Å². The number of rotatable bonds is 7. The molecule has 2 N–H and O–H groups in total. The second kappa shape index (κ2) is 11.9. The number of aryl methyl sites for hydroxylation is 1. The number of carboxylic acid groups (broad SMARTS) is 1. The largest absolute Gasteiger partial charge is 0.486 e. The third kappa shape index (κ3) is 6.11. The van der Waals surface area contributed by atoms with Crippen molar-refractivity contribution in [3.8, 4) is 16.9 Å². The molecule has 5 rings (SSSR count). The molecule has 3 aromatic rings. The van der Waals surface area contributed by atoms with Crippen molar-refractivity contribution >= 4 is 23.4 Å². The molecule has 2 amide bonds. The fourth-order valence-electron chi connectivity index (χ4n) is 5.96. The van der Waals surface area contributed by atoms with Gasteiger partial charge in [0, 0.05) is 12.1 Å². The van der Waals surface area contributed by atoms with E-state index in [1.807, 2.05) is 36.4 Å². The van der Waals surface area contributed by atoms with Crippen molar-refractivity contribution in [2.75, 3.05) is 16.8 Å². The zero-order chi connectivity index (χ0) is 27.4. The molecule has 204 valence electrons. The first-order valence-corrected chi connectivity index (χ1v) is 14.2. The molecule has 1 heterocycles. The Morgan fingerprint density at radius 3 is 2.36 bits per heavy atom. The molecule has 1 aliphatic heterocycles. The van der Waals surface area contributed by atoms with Gasteiger partial charge in [-0.1, -0.05) is 62.4 Å². The molecule has 2 aliphatic rings. The third-order valence-electron chi connectivity index (χ3n) is 8.30. The molecule has 1 aliphatic carbocycles. The van der Waals surface area contributed by atoms with Gasteiger partial charge in [0.25, 0.3) is 0 Å². The maximum absolute atomic E-state index is 13.4. The highest BCUT2D eigenvalue weighted by Gasteiger charge is 2.30. The minimum absolute atomic E-state index is 0.0708. The maximum Gasteiger partial charge on any atom is 0.326 e. The van der Waals surface area contributed by atoms with Crippen LogP contribution < -0.4 is 15.0 Å². The van der Waals surface area contributed by atoms with Crippen LogP contribution in [-0.2, 0) is 11.2 Å². The van der Waals surface area contributed by atoms with Crippen LogP contribution >= 0.6 is 0 Å². The van der Waals surface area contributed by atoms with E-state index in [4.69, 9.17) is 9.84 Å². The van der Waals surface area contributed by atoms with Crippen molar-refractivity contribution in [2.24, 2.45) is 5.92 Å². The predicted octanol–water partition coefficient (Wildman–Crippen LogP) is 7.87. The fraction of sp³-hybridized carbons (Fsp3) is 0.394. The van der Waals surface area contributed by atoms with E-state index in [0.29, 0.717) is 18.4 Å². The number of hydrogen-bond donors (Lipinski definition) is 2. The van der Waals surface area contributed by atoms with Crippen LogP contribution in [0.15, 0.2) is 66.7 Å². The first-order valence-electron chi connectivity index (χ1n) is 14.2. The van der Waals surface area contributed by atoms with Gasteiger partial charge in [0.15, 0.2) is 0 Å². The molecule has 39 heavy (non-hydrogen) atoms. The van der Waals surface area contributed by atoms with E-state index < -0.39 is 5.97 Å². The molecular weight excluding hydrogens is 488 g/mol. The zero-order valence-corrected chi connectivity index (χ0v) is 22.9. The zero-order valence-electron chi connectivity index (χ0n) is 22.9. The van der Waals surface area contributed by atoms with Gasteiger partial charge >= 0.3 is 12.0 Å². The number of fused-ring (bicyclic) bond motifs is 1. The number of nitrogens with one attached hydrogen (secondary N) is 1. The van der Waals surface area contributed by atoms with Gasteiger partial charge in [0.2, 0.25) is 0 Å². The van der Waals surface area contributed by atoms with E-state index in [-0.39, 0.29) is 18.6 Å². The summed E-state index contributed by atoms with van der Waals surface area (Å²) in [7, 11) is 0. The number of hydrogen-bond acceptors (Lipinski definition) is 3. The number of anilines is 2. The summed E-state index contributed by atoms with van der Waals surface area (Å²) in [5.41, 5.74) is 6.22. The first-order chi connectivity index (χ1) is 18.9. The fourth-order valence-corrected chi connectivity index (χ4v) is 5.96. The number of carbonyl (C=O) groups is 2. The van der Waals surface area contributed by atoms with Gasteiger partial charge in [-0.05, 0) is 90.8 Å². The second-order valence-electron chi connectivity index (χ2n) is 10.8. The summed E-state index contributed by atoms with van der Waals surface area (Å²) in [5, 5.41) is 12.2. The van der Waals surface area contributed by atoms with Crippen molar-refractivity contribution in [3.05, 3.63) is 77.9 Å². The summed E-state index contributed by atoms with van der Waals surface area (Å²) in [6, 6.07) is 22.6. The highest BCUT2D eigenvalue weighted by atomic mass is 16.5. The number of carboxylic acids is 1. The Labute approximate surface area is 231 Å². The van der Waals surface area contributed by atoms with Crippen LogP contribution in [0.2, 0.25) is 0 Å². The van der Waals surface area contributed by atoms with Crippen LogP contribution in [0.3, 0.4) is 0 Å². The van der Waals surface area contributed by atoms with Gasteiger partial charge < -0.3 is 15.2 Å². The van der Waals surface area contributed by atoms with Crippen LogP contribution in [-0.4, -0.2) is 29.8 Å². The molecule has 0 spiro atoms. The molecule has 0 radical (unpaired) electrons. The first kappa shape index (κ1) is 26.8. The second-order valence-corrected chi connectivity index (χ2v) is 10.8. The van der Waals surface area contributed by atoms with Crippen LogP contribution in [0.1, 0.15) is 69.4 Å². The molecule has 0 saturated heterocycles. The minimum Gasteiger partial charge on any atom is -0.486 e. The lowest BCUT2D eigenvalue weighted by Crippen LogP contribution is -2.45. The molecule has 1 atom stereocenters. The SMILES string of the molecule is CCc1ccccc1NC(=O)N1CC(CC)Oc2cc(-c3ccc(C4CCC(CC(=O)O)CC4)cc3)ccc21. The van der Waals surface area contributed by atoms with Gasteiger partial charge in [-0.15, -0.1) is 0 Å². The van der Waals surface area contributed by atoms with Crippen molar-refractivity contribution in [3.63, 3.8) is 0 Å². The average Bonchev–Trinajstić information content (AvgIpc) is 2.96. The Bertz CT molecular complexity index is 1310. The monoisotopic (exact) mass is 526 g/mol.